The van der Waals surface area contributed by atoms with Crippen molar-refractivity contribution in [3.05, 3.63) is 101 Å². The van der Waals surface area contributed by atoms with Crippen molar-refractivity contribution in [2.24, 2.45) is 0 Å². The van der Waals surface area contributed by atoms with Gasteiger partial charge >= 0.3 is 5.97 Å². The Bertz CT molecular complexity index is 1310. The molecule has 1 fully saturated rings. The number of rotatable bonds is 6. The third-order valence-corrected chi connectivity index (χ3v) is 5.63. The Hall–Kier alpha value is -4.46. The highest BCUT2D eigenvalue weighted by molar-refractivity contribution is 6.51. The average molecular weight is 475 g/mol. The van der Waals surface area contributed by atoms with Gasteiger partial charge in [0.1, 0.15) is 17.3 Å². The number of hydrogen-bond acceptors (Lipinski definition) is 6. The van der Waals surface area contributed by atoms with Crippen molar-refractivity contribution in [2.45, 2.75) is 13.0 Å². The monoisotopic (exact) mass is 475 g/mol. The minimum Gasteiger partial charge on any atom is -0.507 e. The predicted molar refractivity (Wildman–Crippen MR) is 127 cm³/mol. The number of hydrogen-bond donors (Lipinski definition) is 1. The van der Waals surface area contributed by atoms with Gasteiger partial charge in [-0.05, 0) is 73.2 Å². The Morgan fingerprint density at radius 1 is 1.00 bits per heavy atom. The van der Waals surface area contributed by atoms with Gasteiger partial charge in [-0.25, -0.2) is 9.18 Å². The van der Waals surface area contributed by atoms with Crippen LogP contribution < -0.4 is 9.64 Å². The van der Waals surface area contributed by atoms with Crippen molar-refractivity contribution in [2.75, 3.05) is 18.6 Å². The fourth-order valence-corrected chi connectivity index (χ4v) is 3.97. The van der Waals surface area contributed by atoms with Crippen LogP contribution in [0.1, 0.15) is 34.5 Å². The SMILES string of the molecule is CCOC(=O)c1ccc(N2C(=O)C(=O)/C(=C(/O)c3ccc(OC)cc3)[C@@H]2c2cccc(F)c2)cc1. The fourth-order valence-electron chi connectivity index (χ4n) is 3.97. The van der Waals surface area contributed by atoms with E-state index < -0.39 is 35.3 Å². The van der Waals surface area contributed by atoms with E-state index in [1.54, 1.807) is 37.3 Å². The normalized spacial score (nSPS) is 16.9. The molecule has 1 heterocycles. The topological polar surface area (TPSA) is 93.1 Å². The van der Waals surface area contributed by atoms with Gasteiger partial charge in [0.2, 0.25) is 0 Å². The maximum absolute atomic E-state index is 14.2. The van der Waals surface area contributed by atoms with Crippen LogP contribution in [0.2, 0.25) is 0 Å². The molecular weight excluding hydrogens is 453 g/mol. The van der Waals surface area contributed by atoms with E-state index >= 15 is 0 Å². The van der Waals surface area contributed by atoms with E-state index in [0.717, 1.165) is 0 Å². The molecule has 35 heavy (non-hydrogen) atoms. The second kappa shape index (κ2) is 9.80. The van der Waals surface area contributed by atoms with Gasteiger partial charge in [0.15, 0.2) is 0 Å². The van der Waals surface area contributed by atoms with Crippen LogP contribution in [-0.2, 0) is 14.3 Å². The summed E-state index contributed by atoms with van der Waals surface area (Å²) >= 11 is 0. The number of ether oxygens (including phenoxy) is 2. The zero-order valence-electron chi connectivity index (χ0n) is 19.0. The van der Waals surface area contributed by atoms with Gasteiger partial charge in [0.25, 0.3) is 11.7 Å². The summed E-state index contributed by atoms with van der Waals surface area (Å²) in [5.41, 5.74) is 0.979. The molecule has 8 heteroatoms. The lowest BCUT2D eigenvalue weighted by Gasteiger charge is -2.25. The highest BCUT2D eigenvalue weighted by atomic mass is 19.1. The van der Waals surface area contributed by atoms with Gasteiger partial charge < -0.3 is 14.6 Å². The molecule has 1 aliphatic heterocycles. The molecule has 1 aliphatic rings. The standard InChI is InChI=1S/C27H22FNO6/c1-3-35-27(33)17-7-11-20(12-8-17)29-23(18-5-4-6-19(28)15-18)22(25(31)26(29)32)24(30)16-9-13-21(34-2)14-10-16/h4-15,23,30H,3H2,1-2H3/b24-22+/t23-/m0/s1. The molecule has 1 saturated heterocycles. The first-order valence-corrected chi connectivity index (χ1v) is 10.8. The molecule has 0 unspecified atom stereocenters. The van der Waals surface area contributed by atoms with E-state index in [1.165, 1.54) is 54.5 Å². The first-order valence-electron chi connectivity index (χ1n) is 10.8. The van der Waals surface area contributed by atoms with Crippen molar-refractivity contribution in [1.29, 1.82) is 0 Å². The van der Waals surface area contributed by atoms with Crippen LogP contribution in [0.25, 0.3) is 5.76 Å². The molecule has 3 aromatic carbocycles. The van der Waals surface area contributed by atoms with Crippen LogP contribution in [0.4, 0.5) is 10.1 Å². The van der Waals surface area contributed by atoms with E-state index in [4.69, 9.17) is 9.47 Å². The van der Waals surface area contributed by atoms with E-state index in [0.29, 0.717) is 22.6 Å². The van der Waals surface area contributed by atoms with Crippen molar-refractivity contribution >= 4 is 29.1 Å². The molecular formula is C27H22FNO6. The van der Waals surface area contributed by atoms with Crippen LogP contribution in [0.5, 0.6) is 5.75 Å². The summed E-state index contributed by atoms with van der Waals surface area (Å²) in [6, 6.07) is 16.6. The molecule has 0 aliphatic carbocycles. The lowest BCUT2D eigenvalue weighted by molar-refractivity contribution is -0.132. The first-order chi connectivity index (χ1) is 16.8. The number of aliphatic hydroxyl groups is 1. The Morgan fingerprint density at radius 3 is 2.26 bits per heavy atom. The smallest absolute Gasteiger partial charge is 0.338 e. The summed E-state index contributed by atoms with van der Waals surface area (Å²) in [7, 11) is 1.50. The van der Waals surface area contributed by atoms with Crippen LogP contribution in [-0.4, -0.2) is 36.5 Å². The van der Waals surface area contributed by atoms with Gasteiger partial charge in [0.05, 0.1) is 30.9 Å². The number of carbonyl (C=O) groups is 3. The van der Waals surface area contributed by atoms with Crippen molar-refractivity contribution in [3.63, 3.8) is 0 Å². The summed E-state index contributed by atoms with van der Waals surface area (Å²) in [4.78, 5) is 39.5. The number of aliphatic hydroxyl groups excluding tert-OH is 1. The van der Waals surface area contributed by atoms with Crippen molar-refractivity contribution in [3.8, 4) is 5.75 Å². The summed E-state index contributed by atoms with van der Waals surface area (Å²) in [6.45, 7) is 1.90. The number of nitrogens with zero attached hydrogens (tertiary/aromatic N) is 1. The first kappa shape index (κ1) is 23.7. The summed E-state index contributed by atoms with van der Waals surface area (Å²) < 4.78 is 24.3. The average Bonchev–Trinajstić information content (AvgIpc) is 3.14. The number of Topliss-reactive ketones (excluding diaryl/α,β-unsaturated/α-hetero) is 1. The van der Waals surface area contributed by atoms with Crippen molar-refractivity contribution < 1.29 is 33.4 Å². The molecule has 3 aromatic rings. The number of benzene rings is 3. The van der Waals surface area contributed by atoms with E-state index in [-0.39, 0.29) is 17.7 Å². The number of amides is 1. The minimum absolute atomic E-state index is 0.180. The van der Waals surface area contributed by atoms with Crippen LogP contribution >= 0.6 is 0 Å². The molecule has 0 bridgehead atoms. The Balaban J connectivity index is 1.85. The molecule has 0 saturated carbocycles. The molecule has 1 amide bonds. The zero-order valence-corrected chi connectivity index (χ0v) is 19.0. The Morgan fingerprint density at radius 2 is 1.66 bits per heavy atom. The molecule has 1 N–H and O–H groups in total. The van der Waals surface area contributed by atoms with E-state index in [2.05, 4.69) is 0 Å². The number of esters is 1. The summed E-state index contributed by atoms with van der Waals surface area (Å²) in [5, 5.41) is 11.1. The number of carbonyl (C=O) groups excluding carboxylic acids is 3. The lowest BCUT2D eigenvalue weighted by Crippen LogP contribution is -2.29. The number of methoxy groups -OCH3 is 1. The molecule has 7 nitrogen and oxygen atoms in total. The Labute approximate surface area is 201 Å². The minimum atomic E-state index is -1.10. The van der Waals surface area contributed by atoms with Crippen LogP contribution in [0.3, 0.4) is 0 Å². The molecule has 1 atom stereocenters. The molecule has 0 aromatic heterocycles. The summed E-state index contributed by atoms with van der Waals surface area (Å²) in [5.74, 6) is -2.74. The lowest BCUT2D eigenvalue weighted by atomic mass is 9.95. The number of ketones is 1. The van der Waals surface area contributed by atoms with Gasteiger partial charge in [-0.2, -0.15) is 0 Å². The highest BCUT2D eigenvalue weighted by Gasteiger charge is 2.47. The molecule has 0 radical (unpaired) electrons. The molecule has 4 rings (SSSR count). The third kappa shape index (κ3) is 4.50. The van der Waals surface area contributed by atoms with Gasteiger partial charge in [-0.3, -0.25) is 14.5 Å². The molecule has 0 spiro atoms. The van der Waals surface area contributed by atoms with E-state index in [1.807, 2.05) is 0 Å². The predicted octanol–water partition coefficient (Wildman–Crippen LogP) is 4.64. The van der Waals surface area contributed by atoms with Gasteiger partial charge in [-0.1, -0.05) is 12.1 Å². The quantitative estimate of drug-likeness (QED) is 0.242. The van der Waals surface area contributed by atoms with Crippen LogP contribution in [0, 0.1) is 5.82 Å². The van der Waals surface area contributed by atoms with E-state index in [9.17, 15) is 23.9 Å². The largest absolute Gasteiger partial charge is 0.507 e. The third-order valence-electron chi connectivity index (χ3n) is 5.63. The molecule has 178 valence electrons. The Kier molecular flexibility index (Phi) is 6.64. The van der Waals surface area contributed by atoms with Crippen LogP contribution in [0.15, 0.2) is 78.4 Å². The van der Waals surface area contributed by atoms with Crippen molar-refractivity contribution in [1.82, 2.24) is 0 Å². The summed E-state index contributed by atoms with van der Waals surface area (Å²) in [6.07, 6.45) is 0. The zero-order chi connectivity index (χ0) is 25.1. The second-order valence-electron chi connectivity index (χ2n) is 7.72. The number of anilines is 1. The highest BCUT2D eigenvalue weighted by Crippen LogP contribution is 2.42. The maximum atomic E-state index is 14.2. The number of halogens is 1. The second-order valence-corrected chi connectivity index (χ2v) is 7.72. The maximum Gasteiger partial charge on any atom is 0.338 e. The van der Waals surface area contributed by atoms with Gasteiger partial charge in [-0.15, -0.1) is 0 Å². The fraction of sp³-hybridized carbons (Fsp3) is 0.148. The van der Waals surface area contributed by atoms with Gasteiger partial charge in [0, 0.05) is 11.3 Å².